The van der Waals surface area contributed by atoms with E-state index >= 15 is 0 Å². The summed E-state index contributed by atoms with van der Waals surface area (Å²) in [6.07, 6.45) is -0.0259. The molecule has 1 heterocycles. The summed E-state index contributed by atoms with van der Waals surface area (Å²) < 4.78 is 0. The molecule has 0 fully saturated rings. The fourth-order valence-corrected chi connectivity index (χ4v) is 2.82. The number of nitro groups is 1. The van der Waals surface area contributed by atoms with Crippen molar-refractivity contribution in [3.63, 3.8) is 0 Å². The third-order valence-corrected chi connectivity index (χ3v) is 4.09. The molecule has 0 amide bonds. The average Bonchev–Trinajstić information content (AvgIpc) is 2.70. The van der Waals surface area contributed by atoms with Gasteiger partial charge in [-0.15, -0.1) is 0 Å². The summed E-state index contributed by atoms with van der Waals surface area (Å²) in [4.78, 5) is 28.4. The molecule has 0 saturated carbocycles. The molecule has 0 radical (unpaired) electrons. The fraction of sp³-hybridized carbons (Fsp3) is 0.176. The molecule has 7 heteroatoms. The highest BCUT2D eigenvalue weighted by molar-refractivity contribution is 6.17. The predicted octanol–water partition coefficient (Wildman–Crippen LogP) is 1.73. The summed E-state index contributed by atoms with van der Waals surface area (Å²) in [5, 5.41) is 11.2. The van der Waals surface area contributed by atoms with Gasteiger partial charge in [0.1, 0.15) is 18.5 Å². The molecule has 1 aliphatic heterocycles. The summed E-state index contributed by atoms with van der Waals surface area (Å²) >= 11 is 0. The van der Waals surface area contributed by atoms with Crippen molar-refractivity contribution in [3.8, 4) is 0 Å². The number of hydrogen-bond acceptors (Lipinski definition) is 6. The number of carbonyl (C=O) groups is 1. The van der Waals surface area contributed by atoms with Crippen LogP contribution in [-0.2, 0) is 4.79 Å². The van der Waals surface area contributed by atoms with Crippen LogP contribution in [0.3, 0.4) is 0 Å². The molecule has 0 bridgehead atoms. The van der Waals surface area contributed by atoms with Crippen LogP contribution in [0, 0.1) is 10.1 Å². The molecule has 3 rings (SSSR count). The molecule has 1 aliphatic rings. The number of non-ortho nitro benzene ring substituents is 1. The van der Waals surface area contributed by atoms with Gasteiger partial charge in [0.25, 0.3) is 5.69 Å². The molecule has 24 heavy (non-hydrogen) atoms. The number of fused-ring (bicyclic) bond motifs is 1. The summed E-state index contributed by atoms with van der Waals surface area (Å²) in [5.74, 6) is 0. The molecule has 2 aromatic rings. The van der Waals surface area contributed by atoms with Crippen LogP contribution in [0.1, 0.15) is 11.1 Å². The van der Waals surface area contributed by atoms with Gasteiger partial charge in [-0.05, 0) is 6.07 Å². The number of nitro benzene ring substituents is 1. The highest BCUT2D eigenvalue weighted by atomic mass is 16.6. The molecular formula is C17H16N4O3. The van der Waals surface area contributed by atoms with Crippen molar-refractivity contribution in [1.82, 2.24) is 0 Å². The molecule has 2 atom stereocenters. The van der Waals surface area contributed by atoms with Gasteiger partial charge in [-0.25, -0.2) is 0 Å². The molecule has 0 saturated heterocycles. The second kappa shape index (κ2) is 6.21. The van der Waals surface area contributed by atoms with E-state index in [-0.39, 0.29) is 5.69 Å². The van der Waals surface area contributed by atoms with Crippen LogP contribution in [0.25, 0.3) is 0 Å². The Labute approximate surface area is 138 Å². The summed E-state index contributed by atoms with van der Waals surface area (Å²) in [6.45, 7) is 0. The Morgan fingerprint density at radius 3 is 2.58 bits per heavy atom. The van der Waals surface area contributed by atoms with Crippen molar-refractivity contribution in [2.45, 2.75) is 12.2 Å². The topological polar surface area (TPSA) is 102 Å². The first kappa shape index (κ1) is 15.8. The van der Waals surface area contributed by atoms with Crippen molar-refractivity contribution in [2.75, 3.05) is 11.9 Å². The van der Waals surface area contributed by atoms with E-state index in [0.717, 1.165) is 11.8 Å². The summed E-state index contributed by atoms with van der Waals surface area (Å²) in [6, 6.07) is 13.2. The minimum Gasteiger partial charge on any atom is -0.361 e. The van der Waals surface area contributed by atoms with Gasteiger partial charge in [-0.3, -0.25) is 15.1 Å². The highest BCUT2D eigenvalue weighted by Gasteiger charge is 2.30. The molecule has 2 aromatic carbocycles. The molecule has 122 valence electrons. The standard InChI is InChI=1S/C17H16N4O3/c1-20-14-8-7-12(21(23)24)9-13(14)16(11-5-3-2-4-6-11)19-17(18)15(20)10-22/h2-10,15,17H,18H2,1H3. The number of aldehydes is 1. The van der Waals surface area contributed by atoms with Crippen LogP contribution in [-0.4, -0.2) is 36.2 Å². The predicted molar refractivity (Wildman–Crippen MR) is 91.4 cm³/mol. The minimum atomic E-state index is -0.769. The van der Waals surface area contributed by atoms with E-state index < -0.39 is 17.1 Å². The van der Waals surface area contributed by atoms with E-state index in [9.17, 15) is 14.9 Å². The Morgan fingerprint density at radius 1 is 1.25 bits per heavy atom. The Hall–Kier alpha value is -3.06. The number of aliphatic imine (C=N–C) groups is 1. The van der Waals surface area contributed by atoms with Crippen LogP contribution >= 0.6 is 0 Å². The zero-order chi connectivity index (χ0) is 17.3. The lowest BCUT2D eigenvalue weighted by Gasteiger charge is -2.27. The Kier molecular flexibility index (Phi) is 4.09. The van der Waals surface area contributed by atoms with Gasteiger partial charge in [-0.2, -0.15) is 0 Å². The second-order valence-electron chi connectivity index (χ2n) is 5.53. The van der Waals surface area contributed by atoms with E-state index in [1.807, 2.05) is 30.3 Å². The molecule has 7 nitrogen and oxygen atoms in total. The van der Waals surface area contributed by atoms with E-state index in [1.165, 1.54) is 12.1 Å². The largest absolute Gasteiger partial charge is 0.361 e. The van der Waals surface area contributed by atoms with Crippen molar-refractivity contribution in [1.29, 1.82) is 0 Å². The molecule has 0 aliphatic carbocycles. The second-order valence-corrected chi connectivity index (χ2v) is 5.53. The maximum atomic E-state index is 11.5. The first-order valence-electron chi connectivity index (χ1n) is 7.38. The number of nitrogens with two attached hydrogens (primary N) is 1. The quantitative estimate of drug-likeness (QED) is 0.526. The molecular weight excluding hydrogens is 308 g/mol. The van der Waals surface area contributed by atoms with Crippen LogP contribution in [0.2, 0.25) is 0 Å². The van der Waals surface area contributed by atoms with E-state index in [4.69, 9.17) is 5.73 Å². The lowest BCUT2D eigenvalue weighted by molar-refractivity contribution is -0.384. The third kappa shape index (κ3) is 2.65. The molecule has 0 aromatic heterocycles. The van der Waals surface area contributed by atoms with Crippen molar-refractivity contribution in [3.05, 3.63) is 69.8 Å². The number of carbonyl (C=O) groups excluding carboxylic acids is 1. The van der Waals surface area contributed by atoms with Gasteiger partial charge in [-0.1, -0.05) is 30.3 Å². The molecule has 2 N–H and O–H groups in total. The van der Waals surface area contributed by atoms with Crippen molar-refractivity contribution < 1.29 is 9.72 Å². The number of anilines is 1. The minimum absolute atomic E-state index is 0.0381. The Balaban J connectivity index is 2.28. The number of benzene rings is 2. The van der Waals surface area contributed by atoms with Gasteiger partial charge in [0.15, 0.2) is 0 Å². The molecule has 0 spiro atoms. The Morgan fingerprint density at radius 2 is 1.96 bits per heavy atom. The van der Waals surface area contributed by atoms with Crippen LogP contribution in [0.4, 0.5) is 11.4 Å². The zero-order valence-electron chi connectivity index (χ0n) is 13.0. The average molecular weight is 324 g/mol. The smallest absolute Gasteiger partial charge is 0.270 e. The third-order valence-electron chi connectivity index (χ3n) is 4.09. The zero-order valence-corrected chi connectivity index (χ0v) is 13.0. The number of likely N-dealkylation sites (N-methyl/N-ethyl adjacent to an activating group) is 1. The van der Waals surface area contributed by atoms with Crippen LogP contribution in [0.15, 0.2) is 53.5 Å². The lowest BCUT2D eigenvalue weighted by atomic mass is 9.99. The van der Waals surface area contributed by atoms with E-state index in [0.29, 0.717) is 17.0 Å². The molecule has 2 unspecified atom stereocenters. The highest BCUT2D eigenvalue weighted by Crippen LogP contribution is 2.31. The maximum absolute atomic E-state index is 11.5. The number of hydrogen-bond donors (Lipinski definition) is 1. The van der Waals surface area contributed by atoms with Gasteiger partial charge >= 0.3 is 0 Å². The van der Waals surface area contributed by atoms with Gasteiger partial charge in [0.05, 0.1) is 10.6 Å². The van der Waals surface area contributed by atoms with Crippen molar-refractivity contribution in [2.24, 2.45) is 10.7 Å². The fourth-order valence-electron chi connectivity index (χ4n) is 2.82. The summed E-state index contributed by atoms with van der Waals surface area (Å²) in [5.41, 5.74) is 8.63. The summed E-state index contributed by atoms with van der Waals surface area (Å²) in [7, 11) is 1.73. The Bertz CT molecular complexity index is 820. The SMILES string of the molecule is CN1c2ccc([N+](=O)[O-])cc2C(c2ccccc2)=NC(N)C1C=O. The normalized spacial score (nSPS) is 19.9. The first-order valence-corrected chi connectivity index (χ1v) is 7.38. The van der Waals surface area contributed by atoms with Crippen LogP contribution in [0.5, 0.6) is 0 Å². The monoisotopic (exact) mass is 324 g/mol. The van der Waals surface area contributed by atoms with Gasteiger partial charge in [0.2, 0.25) is 0 Å². The number of rotatable bonds is 3. The number of benzodiazepines with no additional fused rings is 1. The lowest BCUT2D eigenvalue weighted by Crippen LogP contribution is -2.45. The number of nitrogens with zero attached hydrogens (tertiary/aromatic N) is 3. The first-order chi connectivity index (χ1) is 11.5. The van der Waals surface area contributed by atoms with E-state index in [2.05, 4.69) is 4.99 Å². The van der Waals surface area contributed by atoms with Gasteiger partial charge < -0.3 is 15.4 Å². The van der Waals surface area contributed by atoms with Gasteiger partial charge in [0, 0.05) is 36.0 Å². The maximum Gasteiger partial charge on any atom is 0.270 e. The van der Waals surface area contributed by atoms with Crippen LogP contribution < -0.4 is 10.6 Å². The van der Waals surface area contributed by atoms with E-state index in [1.54, 1.807) is 18.0 Å². The van der Waals surface area contributed by atoms with Crippen molar-refractivity contribution >= 4 is 23.4 Å².